The van der Waals surface area contributed by atoms with Crippen LogP contribution in [-0.2, 0) is 4.74 Å². The zero-order valence-corrected chi connectivity index (χ0v) is 12.6. The number of methoxy groups -OCH3 is 1. The molecule has 0 aliphatic heterocycles. The van der Waals surface area contributed by atoms with Crippen LogP contribution in [0.15, 0.2) is 24.5 Å². The van der Waals surface area contributed by atoms with Crippen molar-refractivity contribution in [1.29, 1.82) is 0 Å². The van der Waals surface area contributed by atoms with Gasteiger partial charge in [-0.15, -0.1) is 0 Å². The van der Waals surface area contributed by atoms with Crippen molar-refractivity contribution in [2.75, 3.05) is 13.7 Å². The standard InChI is InChI=1S/C17H22F2O2/c1-3-21-15-9-8-14(16(18)17(15)19)13-6-4-12(5-7-13)10-11-20-2/h8-13H,3-7H2,1-2H3/b11-10+. The molecule has 1 fully saturated rings. The van der Waals surface area contributed by atoms with Crippen molar-refractivity contribution >= 4 is 0 Å². The summed E-state index contributed by atoms with van der Waals surface area (Å²) in [5.74, 6) is -1.07. The van der Waals surface area contributed by atoms with Gasteiger partial charge in [-0.1, -0.05) is 6.07 Å². The molecule has 21 heavy (non-hydrogen) atoms. The van der Waals surface area contributed by atoms with E-state index in [0.717, 1.165) is 25.7 Å². The summed E-state index contributed by atoms with van der Waals surface area (Å²) in [7, 11) is 1.63. The van der Waals surface area contributed by atoms with E-state index in [-0.39, 0.29) is 11.7 Å². The summed E-state index contributed by atoms with van der Waals surface area (Å²) in [6.45, 7) is 2.08. The van der Waals surface area contributed by atoms with E-state index in [1.165, 1.54) is 6.07 Å². The third kappa shape index (κ3) is 3.74. The fourth-order valence-corrected chi connectivity index (χ4v) is 2.94. The van der Waals surface area contributed by atoms with Crippen molar-refractivity contribution in [1.82, 2.24) is 0 Å². The second-order valence-corrected chi connectivity index (χ2v) is 5.39. The number of benzene rings is 1. The molecule has 2 nitrogen and oxygen atoms in total. The van der Waals surface area contributed by atoms with Crippen LogP contribution in [0.25, 0.3) is 0 Å². The third-order valence-electron chi connectivity index (χ3n) is 4.08. The summed E-state index contributed by atoms with van der Waals surface area (Å²) < 4.78 is 38.1. The van der Waals surface area contributed by atoms with Crippen LogP contribution in [0.4, 0.5) is 8.78 Å². The second kappa shape index (κ2) is 7.43. The van der Waals surface area contributed by atoms with Crippen molar-refractivity contribution in [3.8, 4) is 5.75 Å². The average Bonchev–Trinajstić information content (AvgIpc) is 2.51. The molecule has 0 unspecified atom stereocenters. The monoisotopic (exact) mass is 296 g/mol. The van der Waals surface area contributed by atoms with E-state index in [2.05, 4.69) is 0 Å². The van der Waals surface area contributed by atoms with Gasteiger partial charge in [0.05, 0.1) is 20.0 Å². The number of halogens is 2. The van der Waals surface area contributed by atoms with E-state index in [0.29, 0.717) is 18.1 Å². The first-order valence-corrected chi connectivity index (χ1v) is 7.47. The molecule has 2 rings (SSSR count). The average molecular weight is 296 g/mol. The van der Waals surface area contributed by atoms with Gasteiger partial charge >= 0.3 is 0 Å². The maximum absolute atomic E-state index is 14.2. The minimum atomic E-state index is -0.865. The summed E-state index contributed by atoms with van der Waals surface area (Å²) in [6, 6.07) is 3.20. The maximum atomic E-state index is 14.2. The molecule has 0 spiro atoms. The summed E-state index contributed by atoms with van der Waals surface area (Å²) in [6.07, 6.45) is 7.41. The quantitative estimate of drug-likeness (QED) is 0.727. The molecule has 1 saturated carbocycles. The number of allylic oxidation sites excluding steroid dienone is 1. The lowest BCUT2D eigenvalue weighted by Crippen LogP contribution is -2.14. The van der Waals surface area contributed by atoms with Gasteiger partial charge < -0.3 is 9.47 Å². The molecular weight excluding hydrogens is 274 g/mol. The molecule has 0 N–H and O–H groups in total. The molecular formula is C17H22F2O2. The molecule has 1 aliphatic carbocycles. The zero-order valence-electron chi connectivity index (χ0n) is 12.6. The molecule has 4 heteroatoms. The van der Waals surface area contributed by atoms with Crippen LogP contribution in [-0.4, -0.2) is 13.7 Å². The maximum Gasteiger partial charge on any atom is 0.200 e. The summed E-state index contributed by atoms with van der Waals surface area (Å²) >= 11 is 0. The first-order chi connectivity index (χ1) is 10.2. The predicted molar refractivity (Wildman–Crippen MR) is 78.4 cm³/mol. The van der Waals surface area contributed by atoms with E-state index >= 15 is 0 Å². The molecule has 0 aromatic heterocycles. The van der Waals surface area contributed by atoms with Gasteiger partial charge in [-0.2, -0.15) is 4.39 Å². The van der Waals surface area contributed by atoms with Crippen molar-refractivity contribution in [2.45, 2.75) is 38.5 Å². The van der Waals surface area contributed by atoms with Crippen LogP contribution in [0.5, 0.6) is 5.75 Å². The van der Waals surface area contributed by atoms with Gasteiger partial charge in [-0.05, 0) is 62.1 Å². The van der Waals surface area contributed by atoms with E-state index in [1.54, 1.807) is 26.4 Å². The normalized spacial score (nSPS) is 22.5. The Morgan fingerprint density at radius 2 is 1.86 bits per heavy atom. The van der Waals surface area contributed by atoms with E-state index < -0.39 is 11.6 Å². The Labute approximate surface area is 124 Å². The first-order valence-electron chi connectivity index (χ1n) is 7.47. The summed E-state index contributed by atoms with van der Waals surface area (Å²) in [4.78, 5) is 0. The highest BCUT2D eigenvalue weighted by atomic mass is 19.2. The first kappa shape index (κ1) is 15.8. The highest BCUT2D eigenvalue weighted by Crippen LogP contribution is 2.38. The van der Waals surface area contributed by atoms with Crippen molar-refractivity contribution < 1.29 is 18.3 Å². The van der Waals surface area contributed by atoms with Crippen LogP contribution in [0, 0.1) is 17.6 Å². The highest BCUT2D eigenvalue weighted by Gasteiger charge is 2.25. The van der Waals surface area contributed by atoms with Crippen LogP contribution in [0.2, 0.25) is 0 Å². The smallest absolute Gasteiger partial charge is 0.200 e. The number of ether oxygens (including phenoxy) is 2. The highest BCUT2D eigenvalue weighted by molar-refractivity contribution is 5.33. The number of hydrogen-bond donors (Lipinski definition) is 0. The van der Waals surface area contributed by atoms with Gasteiger partial charge in [0.2, 0.25) is 5.82 Å². The Morgan fingerprint density at radius 1 is 1.14 bits per heavy atom. The van der Waals surface area contributed by atoms with E-state index in [4.69, 9.17) is 9.47 Å². The fourth-order valence-electron chi connectivity index (χ4n) is 2.94. The van der Waals surface area contributed by atoms with Gasteiger partial charge in [0.1, 0.15) is 0 Å². The summed E-state index contributed by atoms with van der Waals surface area (Å²) in [5.41, 5.74) is 0.477. The van der Waals surface area contributed by atoms with Crippen LogP contribution >= 0.6 is 0 Å². The largest absolute Gasteiger partial charge is 0.505 e. The summed E-state index contributed by atoms with van der Waals surface area (Å²) in [5, 5.41) is 0. The topological polar surface area (TPSA) is 18.5 Å². The van der Waals surface area contributed by atoms with Crippen molar-refractivity contribution in [3.05, 3.63) is 41.7 Å². The predicted octanol–water partition coefficient (Wildman–Crippen LogP) is 4.80. The van der Waals surface area contributed by atoms with E-state index in [9.17, 15) is 8.78 Å². The minimum absolute atomic E-state index is 0.00420. The lowest BCUT2D eigenvalue weighted by molar-refractivity contribution is 0.308. The lowest BCUT2D eigenvalue weighted by atomic mass is 9.78. The van der Waals surface area contributed by atoms with Crippen LogP contribution < -0.4 is 4.74 Å². The molecule has 1 aliphatic rings. The molecule has 1 aromatic carbocycles. The van der Waals surface area contributed by atoms with Gasteiger partial charge in [0, 0.05) is 0 Å². The molecule has 0 radical (unpaired) electrons. The molecule has 1 aromatic rings. The van der Waals surface area contributed by atoms with Crippen molar-refractivity contribution in [3.63, 3.8) is 0 Å². The molecule has 0 heterocycles. The van der Waals surface area contributed by atoms with Gasteiger partial charge in [0.25, 0.3) is 0 Å². The molecule has 0 atom stereocenters. The SMILES string of the molecule is CCOc1ccc(C2CCC(/C=C/OC)CC2)c(F)c1F. The fraction of sp³-hybridized carbons (Fsp3) is 0.529. The van der Waals surface area contributed by atoms with Gasteiger partial charge in [-0.25, -0.2) is 4.39 Å². The Kier molecular flexibility index (Phi) is 5.59. The van der Waals surface area contributed by atoms with E-state index in [1.807, 2.05) is 6.08 Å². The van der Waals surface area contributed by atoms with Gasteiger partial charge in [0.15, 0.2) is 11.6 Å². The Morgan fingerprint density at radius 3 is 2.48 bits per heavy atom. The van der Waals surface area contributed by atoms with Crippen LogP contribution in [0.3, 0.4) is 0 Å². The molecule has 0 saturated heterocycles. The third-order valence-corrected chi connectivity index (χ3v) is 4.08. The minimum Gasteiger partial charge on any atom is -0.505 e. The molecule has 116 valence electrons. The lowest BCUT2D eigenvalue weighted by Gasteiger charge is -2.27. The molecule has 0 amide bonds. The zero-order chi connectivity index (χ0) is 15.2. The number of rotatable bonds is 5. The Bertz CT molecular complexity index is 492. The molecule has 0 bridgehead atoms. The van der Waals surface area contributed by atoms with Gasteiger partial charge in [-0.3, -0.25) is 0 Å². The van der Waals surface area contributed by atoms with Crippen molar-refractivity contribution in [2.24, 2.45) is 5.92 Å². The second-order valence-electron chi connectivity index (χ2n) is 5.39. The Balaban J connectivity index is 2.07. The Hall–Kier alpha value is -1.58. The van der Waals surface area contributed by atoms with Crippen LogP contribution in [0.1, 0.15) is 44.1 Å². The number of hydrogen-bond acceptors (Lipinski definition) is 2.